The lowest BCUT2D eigenvalue weighted by atomic mass is 9.65. The van der Waals surface area contributed by atoms with Crippen molar-refractivity contribution >= 4 is 5.78 Å². The summed E-state index contributed by atoms with van der Waals surface area (Å²) >= 11 is 0. The van der Waals surface area contributed by atoms with Crippen molar-refractivity contribution in [2.24, 2.45) is 0 Å². The Morgan fingerprint density at radius 3 is 1.90 bits per heavy atom. The highest BCUT2D eigenvalue weighted by Crippen LogP contribution is 2.41. The topological polar surface area (TPSA) is 29.5 Å². The molecule has 0 aliphatic carbocycles. The summed E-state index contributed by atoms with van der Waals surface area (Å²) in [5, 5.41) is 0. The van der Waals surface area contributed by atoms with E-state index in [-0.39, 0.29) is 11.8 Å². The van der Waals surface area contributed by atoms with Gasteiger partial charge in [-0.3, -0.25) is 4.79 Å². The Kier molecular flexibility index (Phi) is 6.73. The first kappa shape index (κ1) is 21.8. The van der Waals surface area contributed by atoms with Crippen LogP contribution in [0.3, 0.4) is 0 Å². The van der Waals surface area contributed by atoms with Crippen molar-refractivity contribution in [3.05, 3.63) is 101 Å². The lowest BCUT2D eigenvalue weighted by Crippen LogP contribution is -2.43. The van der Waals surface area contributed by atoms with Gasteiger partial charge in [-0.15, -0.1) is 0 Å². The van der Waals surface area contributed by atoms with E-state index in [0.717, 1.165) is 28.0 Å². The normalized spacial score (nSPS) is 12.6. The van der Waals surface area contributed by atoms with Gasteiger partial charge in [0.25, 0.3) is 0 Å². The zero-order valence-electron chi connectivity index (χ0n) is 18.6. The van der Waals surface area contributed by atoms with E-state index in [2.05, 4.69) is 50.2 Å². The predicted octanol–water partition coefficient (Wildman–Crippen LogP) is 5.51. The van der Waals surface area contributed by atoms with Crippen molar-refractivity contribution in [3.8, 4) is 5.75 Å². The number of hydrogen-bond acceptors (Lipinski definition) is 3. The van der Waals surface area contributed by atoms with Crippen molar-refractivity contribution in [1.82, 2.24) is 4.90 Å². The lowest BCUT2D eigenvalue weighted by Gasteiger charge is -2.38. The molecular formula is C27H31NO2. The van der Waals surface area contributed by atoms with Gasteiger partial charge in [-0.2, -0.15) is 0 Å². The van der Waals surface area contributed by atoms with Crippen LogP contribution in [0.4, 0.5) is 0 Å². The maximum atomic E-state index is 14.4. The molecule has 156 valence electrons. The first-order valence-electron chi connectivity index (χ1n) is 10.4. The highest BCUT2D eigenvalue weighted by molar-refractivity contribution is 6.07. The first-order chi connectivity index (χ1) is 14.4. The number of carbonyl (C=O) groups excluding carboxylic acids is 1. The summed E-state index contributed by atoms with van der Waals surface area (Å²) in [7, 11) is 5.77. The van der Waals surface area contributed by atoms with E-state index >= 15 is 0 Å². The van der Waals surface area contributed by atoms with Crippen LogP contribution >= 0.6 is 0 Å². The third-order valence-electron chi connectivity index (χ3n) is 6.08. The van der Waals surface area contributed by atoms with Gasteiger partial charge in [0.2, 0.25) is 0 Å². The van der Waals surface area contributed by atoms with E-state index in [9.17, 15) is 4.79 Å². The number of ether oxygens (including phenoxy) is 1. The molecule has 0 aliphatic rings. The van der Waals surface area contributed by atoms with Gasteiger partial charge in [0.1, 0.15) is 5.75 Å². The van der Waals surface area contributed by atoms with Crippen LogP contribution < -0.4 is 4.74 Å². The molecule has 1 atom stereocenters. The van der Waals surface area contributed by atoms with Crippen LogP contribution in [-0.2, 0) is 5.41 Å². The van der Waals surface area contributed by atoms with Crippen molar-refractivity contribution in [3.63, 3.8) is 0 Å². The van der Waals surface area contributed by atoms with Crippen LogP contribution in [-0.4, -0.2) is 37.9 Å². The molecule has 3 aromatic rings. The molecule has 0 aromatic heterocycles. The van der Waals surface area contributed by atoms with E-state index in [1.54, 1.807) is 7.11 Å². The molecule has 30 heavy (non-hydrogen) atoms. The molecule has 0 fully saturated rings. The van der Waals surface area contributed by atoms with E-state index in [4.69, 9.17) is 4.74 Å². The van der Waals surface area contributed by atoms with Gasteiger partial charge in [0, 0.05) is 11.6 Å². The second-order valence-corrected chi connectivity index (χ2v) is 8.16. The second kappa shape index (κ2) is 9.27. The minimum absolute atomic E-state index is 0.119. The summed E-state index contributed by atoms with van der Waals surface area (Å²) in [5.41, 5.74) is 2.91. The van der Waals surface area contributed by atoms with Crippen LogP contribution in [0.1, 0.15) is 40.4 Å². The maximum absolute atomic E-state index is 14.4. The van der Waals surface area contributed by atoms with E-state index < -0.39 is 5.41 Å². The number of methoxy groups -OCH3 is 1. The van der Waals surface area contributed by atoms with E-state index in [1.807, 2.05) is 61.5 Å². The summed E-state index contributed by atoms with van der Waals surface area (Å²) in [6, 6.07) is 26.3. The van der Waals surface area contributed by atoms with Gasteiger partial charge in [-0.05, 0) is 69.3 Å². The molecule has 3 rings (SSSR count). The van der Waals surface area contributed by atoms with Crippen molar-refractivity contribution in [1.29, 1.82) is 0 Å². The Balaban J connectivity index is 2.28. The number of ketones is 1. The molecule has 0 N–H and O–H groups in total. The molecule has 0 bridgehead atoms. The zero-order valence-corrected chi connectivity index (χ0v) is 18.6. The molecule has 0 unspecified atom stereocenters. The summed E-state index contributed by atoms with van der Waals surface area (Å²) < 4.78 is 5.36. The quantitative estimate of drug-likeness (QED) is 0.466. The molecule has 0 saturated heterocycles. The Morgan fingerprint density at radius 1 is 0.933 bits per heavy atom. The Morgan fingerprint density at radius 2 is 1.47 bits per heavy atom. The molecule has 0 saturated carbocycles. The maximum Gasteiger partial charge on any atom is 0.178 e. The van der Waals surface area contributed by atoms with Crippen LogP contribution in [0, 0.1) is 6.92 Å². The Labute approximate surface area is 180 Å². The minimum atomic E-state index is -0.786. The van der Waals surface area contributed by atoms with Gasteiger partial charge in [-0.1, -0.05) is 60.7 Å². The largest absolute Gasteiger partial charge is 0.497 e. The van der Waals surface area contributed by atoms with Gasteiger partial charge in [0.15, 0.2) is 5.78 Å². The average molecular weight is 402 g/mol. The Bertz CT molecular complexity index is 941. The average Bonchev–Trinajstić information content (AvgIpc) is 2.77. The number of hydrogen-bond donors (Lipinski definition) is 0. The predicted molar refractivity (Wildman–Crippen MR) is 123 cm³/mol. The van der Waals surface area contributed by atoms with Crippen molar-refractivity contribution in [2.75, 3.05) is 21.2 Å². The third kappa shape index (κ3) is 4.17. The molecule has 0 aliphatic heterocycles. The standard InChI is InChI=1S/C27H31NO2/c1-20-18-24(30-5)16-17-25(20)26(29)27(19-21(2)28(3)4,22-12-8-6-9-13-22)23-14-10-7-11-15-23/h6-18,21H,19H2,1-5H3/t21-/m0/s1. The number of carbonyl (C=O) groups is 1. The van der Waals surface area contributed by atoms with Crippen LogP contribution in [0.25, 0.3) is 0 Å². The third-order valence-corrected chi connectivity index (χ3v) is 6.08. The summed E-state index contributed by atoms with van der Waals surface area (Å²) in [6.45, 7) is 4.15. The fourth-order valence-electron chi connectivity index (χ4n) is 4.08. The van der Waals surface area contributed by atoms with E-state index in [0.29, 0.717) is 6.42 Å². The van der Waals surface area contributed by atoms with Crippen LogP contribution in [0.15, 0.2) is 78.9 Å². The lowest BCUT2D eigenvalue weighted by molar-refractivity contribution is 0.0881. The van der Waals surface area contributed by atoms with Crippen molar-refractivity contribution in [2.45, 2.75) is 31.7 Å². The molecular weight excluding hydrogens is 370 g/mol. The fraction of sp³-hybridized carbons (Fsp3) is 0.296. The SMILES string of the molecule is COc1ccc(C(=O)C(C[C@H](C)N(C)C)(c2ccccc2)c2ccccc2)c(C)c1. The van der Waals surface area contributed by atoms with Crippen molar-refractivity contribution < 1.29 is 9.53 Å². The Hall–Kier alpha value is -2.91. The van der Waals surface area contributed by atoms with Crippen LogP contribution in [0.5, 0.6) is 5.75 Å². The van der Waals surface area contributed by atoms with Crippen LogP contribution in [0.2, 0.25) is 0 Å². The smallest absolute Gasteiger partial charge is 0.178 e. The number of benzene rings is 3. The summed E-state index contributed by atoms with van der Waals surface area (Å²) in [5.74, 6) is 0.879. The van der Waals surface area contributed by atoms with E-state index in [1.165, 1.54) is 0 Å². The molecule has 0 radical (unpaired) electrons. The number of nitrogens with zero attached hydrogens (tertiary/aromatic N) is 1. The number of Topliss-reactive ketones (excluding diaryl/α,β-unsaturated/α-hetero) is 1. The number of aryl methyl sites for hydroxylation is 1. The molecule has 3 nitrogen and oxygen atoms in total. The summed E-state index contributed by atoms with van der Waals surface area (Å²) in [4.78, 5) is 16.6. The van der Waals surface area contributed by atoms with Gasteiger partial charge in [-0.25, -0.2) is 0 Å². The fourth-order valence-corrected chi connectivity index (χ4v) is 4.08. The second-order valence-electron chi connectivity index (χ2n) is 8.16. The zero-order chi connectivity index (χ0) is 21.7. The molecule has 0 heterocycles. The molecule has 0 spiro atoms. The highest BCUT2D eigenvalue weighted by atomic mass is 16.5. The molecule has 3 aromatic carbocycles. The summed E-state index contributed by atoms with van der Waals surface area (Å²) in [6.07, 6.45) is 0.679. The van der Waals surface area contributed by atoms with Gasteiger partial charge >= 0.3 is 0 Å². The minimum Gasteiger partial charge on any atom is -0.497 e. The highest BCUT2D eigenvalue weighted by Gasteiger charge is 2.44. The van der Waals surface area contributed by atoms with Gasteiger partial charge in [0.05, 0.1) is 12.5 Å². The molecule has 0 amide bonds. The first-order valence-corrected chi connectivity index (χ1v) is 10.4. The van der Waals surface area contributed by atoms with Gasteiger partial charge < -0.3 is 9.64 Å². The monoisotopic (exact) mass is 401 g/mol. The molecule has 3 heteroatoms. The number of rotatable bonds is 8.